The van der Waals surface area contributed by atoms with Crippen molar-refractivity contribution in [1.29, 1.82) is 0 Å². The first-order valence-corrected chi connectivity index (χ1v) is 7.65. The number of rotatable bonds is 10. The largest absolute Gasteiger partial charge is 0.480 e. The predicted octanol–water partition coefficient (Wildman–Crippen LogP) is 3.51. The quantitative estimate of drug-likeness (QED) is 0.648. The normalized spacial score (nSPS) is 13.9. The first kappa shape index (κ1) is 17.4. The topological polar surface area (TPSA) is 49.3 Å². The van der Waals surface area contributed by atoms with E-state index in [0.717, 1.165) is 19.4 Å². The molecule has 0 amide bonds. The van der Waals surface area contributed by atoms with E-state index in [9.17, 15) is 9.90 Å². The highest BCUT2D eigenvalue weighted by Gasteiger charge is 2.19. The number of carboxylic acids is 1. The summed E-state index contributed by atoms with van der Waals surface area (Å²) >= 11 is 0. The van der Waals surface area contributed by atoms with E-state index in [1.165, 1.54) is 5.56 Å². The Hall–Kier alpha value is -1.61. The lowest BCUT2D eigenvalue weighted by Crippen LogP contribution is -2.40. The van der Waals surface area contributed by atoms with Gasteiger partial charge in [0.05, 0.1) is 0 Å². The Labute approximate surface area is 128 Å². The molecule has 116 valence electrons. The van der Waals surface area contributed by atoms with Gasteiger partial charge in [0.15, 0.2) is 0 Å². The number of hydrogen-bond acceptors (Lipinski definition) is 2. The number of carboxylic acid groups (broad SMARTS) is 1. The fourth-order valence-corrected chi connectivity index (χ4v) is 2.37. The number of allylic oxidation sites excluding steroid dienone is 1. The van der Waals surface area contributed by atoms with Crippen molar-refractivity contribution in [2.45, 2.75) is 39.2 Å². The van der Waals surface area contributed by atoms with Crippen LogP contribution in [0.4, 0.5) is 0 Å². The van der Waals surface area contributed by atoms with E-state index in [1.54, 1.807) is 0 Å². The molecule has 2 N–H and O–H groups in total. The fraction of sp³-hybridized carbons (Fsp3) is 0.500. The van der Waals surface area contributed by atoms with Crippen molar-refractivity contribution in [2.75, 3.05) is 6.54 Å². The summed E-state index contributed by atoms with van der Waals surface area (Å²) < 4.78 is 0. The van der Waals surface area contributed by atoms with Crippen molar-refractivity contribution >= 4 is 5.97 Å². The highest BCUT2D eigenvalue weighted by Crippen LogP contribution is 2.15. The van der Waals surface area contributed by atoms with Crippen LogP contribution in [0, 0.1) is 11.8 Å². The third-order valence-corrected chi connectivity index (χ3v) is 3.90. The van der Waals surface area contributed by atoms with Gasteiger partial charge in [0, 0.05) is 0 Å². The van der Waals surface area contributed by atoms with E-state index >= 15 is 0 Å². The number of hydrogen-bond donors (Lipinski definition) is 2. The van der Waals surface area contributed by atoms with Crippen molar-refractivity contribution in [2.24, 2.45) is 11.8 Å². The van der Waals surface area contributed by atoms with Gasteiger partial charge in [-0.3, -0.25) is 4.79 Å². The Morgan fingerprint density at radius 1 is 1.33 bits per heavy atom. The van der Waals surface area contributed by atoms with Gasteiger partial charge in [0.25, 0.3) is 0 Å². The molecule has 0 fully saturated rings. The van der Waals surface area contributed by atoms with Gasteiger partial charge < -0.3 is 10.4 Å². The molecule has 2 atom stereocenters. The van der Waals surface area contributed by atoms with Gasteiger partial charge in [-0.1, -0.05) is 50.3 Å². The summed E-state index contributed by atoms with van der Waals surface area (Å²) in [6.45, 7) is 8.82. The number of aliphatic carboxylic acids is 1. The van der Waals surface area contributed by atoms with Crippen LogP contribution in [-0.2, 0) is 11.2 Å². The molecule has 0 radical (unpaired) electrons. The minimum absolute atomic E-state index is 0.432. The molecule has 0 bridgehead atoms. The van der Waals surface area contributed by atoms with Crippen LogP contribution in [0.15, 0.2) is 43.0 Å². The van der Waals surface area contributed by atoms with Crippen molar-refractivity contribution in [3.63, 3.8) is 0 Å². The van der Waals surface area contributed by atoms with Gasteiger partial charge in [-0.05, 0) is 43.2 Å². The minimum atomic E-state index is -0.771. The van der Waals surface area contributed by atoms with E-state index in [0.29, 0.717) is 18.3 Å². The molecule has 0 aromatic heterocycles. The molecule has 0 heterocycles. The molecular formula is C18H27NO2. The molecule has 0 spiro atoms. The first-order valence-electron chi connectivity index (χ1n) is 7.65. The van der Waals surface area contributed by atoms with E-state index in [2.05, 4.69) is 25.7 Å². The van der Waals surface area contributed by atoms with E-state index in [4.69, 9.17) is 0 Å². The summed E-state index contributed by atoms with van der Waals surface area (Å²) in [7, 11) is 0. The lowest BCUT2D eigenvalue weighted by atomic mass is 9.92. The Bertz CT molecular complexity index is 428. The first-order chi connectivity index (χ1) is 10.0. The standard InChI is InChI=1S/C18H27NO2/c1-4-8-16(14(2)3)13-19-17(18(20)21)12-11-15-9-6-5-7-10-15/h4-7,9-10,14,16-17,19H,1,8,11-13H2,2-3H3,(H,20,21)/t16-,17?/m0/s1. The maximum Gasteiger partial charge on any atom is 0.320 e. The molecule has 1 unspecified atom stereocenters. The summed E-state index contributed by atoms with van der Waals surface area (Å²) in [5.74, 6) is 0.173. The third-order valence-electron chi connectivity index (χ3n) is 3.90. The number of nitrogens with one attached hydrogen (secondary N) is 1. The zero-order chi connectivity index (χ0) is 15.7. The second kappa shape index (κ2) is 9.35. The lowest BCUT2D eigenvalue weighted by molar-refractivity contribution is -0.139. The molecule has 0 saturated carbocycles. The fourth-order valence-electron chi connectivity index (χ4n) is 2.37. The lowest BCUT2D eigenvalue weighted by Gasteiger charge is -2.22. The van der Waals surface area contributed by atoms with Crippen molar-refractivity contribution < 1.29 is 9.90 Å². The van der Waals surface area contributed by atoms with Gasteiger partial charge in [0.2, 0.25) is 0 Å². The van der Waals surface area contributed by atoms with Crippen LogP contribution in [0.25, 0.3) is 0 Å². The Balaban J connectivity index is 2.49. The molecule has 3 nitrogen and oxygen atoms in total. The van der Waals surface area contributed by atoms with Crippen LogP contribution in [0.5, 0.6) is 0 Å². The Morgan fingerprint density at radius 3 is 2.52 bits per heavy atom. The molecule has 3 heteroatoms. The average Bonchev–Trinajstić information content (AvgIpc) is 2.46. The molecule has 1 aromatic carbocycles. The highest BCUT2D eigenvalue weighted by molar-refractivity contribution is 5.73. The van der Waals surface area contributed by atoms with Crippen LogP contribution >= 0.6 is 0 Å². The van der Waals surface area contributed by atoms with Gasteiger partial charge in [0.1, 0.15) is 6.04 Å². The van der Waals surface area contributed by atoms with E-state index < -0.39 is 12.0 Å². The van der Waals surface area contributed by atoms with E-state index in [-0.39, 0.29) is 0 Å². The number of carbonyl (C=O) groups is 1. The summed E-state index contributed by atoms with van der Waals surface area (Å²) in [5, 5.41) is 12.6. The molecule has 1 rings (SSSR count). The molecule has 1 aromatic rings. The van der Waals surface area contributed by atoms with Gasteiger partial charge in [-0.15, -0.1) is 6.58 Å². The van der Waals surface area contributed by atoms with Gasteiger partial charge >= 0.3 is 5.97 Å². The summed E-state index contributed by atoms with van der Waals surface area (Å²) in [6, 6.07) is 9.52. The molecular weight excluding hydrogens is 262 g/mol. The minimum Gasteiger partial charge on any atom is -0.480 e. The SMILES string of the molecule is C=CC[C@@H](CNC(CCc1ccccc1)C(=O)O)C(C)C. The van der Waals surface area contributed by atoms with Crippen LogP contribution in [0.2, 0.25) is 0 Å². The van der Waals surface area contributed by atoms with Crippen LogP contribution < -0.4 is 5.32 Å². The highest BCUT2D eigenvalue weighted by atomic mass is 16.4. The predicted molar refractivity (Wildman–Crippen MR) is 87.3 cm³/mol. The maximum absolute atomic E-state index is 11.4. The van der Waals surface area contributed by atoms with Crippen molar-refractivity contribution in [3.8, 4) is 0 Å². The third kappa shape index (κ3) is 6.58. The van der Waals surface area contributed by atoms with Crippen LogP contribution in [-0.4, -0.2) is 23.7 Å². The molecule has 0 aliphatic carbocycles. The smallest absolute Gasteiger partial charge is 0.320 e. The molecule has 0 aliphatic rings. The zero-order valence-electron chi connectivity index (χ0n) is 13.1. The summed E-state index contributed by atoms with van der Waals surface area (Å²) in [6.07, 6.45) is 4.21. The Morgan fingerprint density at radius 2 is 2.00 bits per heavy atom. The zero-order valence-corrected chi connectivity index (χ0v) is 13.1. The van der Waals surface area contributed by atoms with E-state index in [1.807, 2.05) is 36.4 Å². The van der Waals surface area contributed by atoms with Gasteiger partial charge in [-0.25, -0.2) is 0 Å². The number of benzene rings is 1. The molecule has 0 aliphatic heterocycles. The monoisotopic (exact) mass is 289 g/mol. The van der Waals surface area contributed by atoms with Gasteiger partial charge in [-0.2, -0.15) is 0 Å². The second-order valence-electron chi connectivity index (χ2n) is 5.85. The summed E-state index contributed by atoms with van der Waals surface area (Å²) in [4.78, 5) is 11.4. The second-order valence-corrected chi connectivity index (χ2v) is 5.85. The number of aryl methyl sites for hydroxylation is 1. The molecule has 21 heavy (non-hydrogen) atoms. The van der Waals surface area contributed by atoms with Crippen molar-refractivity contribution in [3.05, 3.63) is 48.6 Å². The molecule has 0 saturated heterocycles. The van der Waals surface area contributed by atoms with Crippen molar-refractivity contribution in [1.82, 2.24) is 5.32 Å². The van der Waals surface area contributed by atoms with Crippen LogP contribution in [0.3, 0.4) is 0 Å². The maximum atomic E-state index is 11.4. The van der Waals surface area contributed by atoms with Crippen LogP contribution in [0.1, 0.15) is 32.3 Å². The summed E-state index contributed by atoms with van der Waals surface area (Å²) in [5.41, 5.74) is 1.18. The average molecular weight is 289 g/mol. The Kier molecular flexibility index (Phi) is 7.76.